The summed E-state index contributed by atoms with van der Waals surface area (Å²) in [5.74, 6) is 0.901. The zero-order chi connectivity index (χ0) is 37.6. The highest BCUT2D eigenvalue weighted by atomic mass is 32.2. The lowest BCUT2D eigenvalue weighted by Gasteiger charge is -2.35. The highest BCUT2D eigenvalue weighted by Gasteiger charge is 2.40. The first kappa shape index (κ1) is 39.4. The SMILES string of the molecule is CNC(=O)CCC(C=O)N1Cc2c(NC(=O)CCNCCn3ncc(CNC(=O)C4(Cc5cccc(NCSC)n5)CCCCC4)n3)cccc2C1=O. The van der Waals surface area contributed by atoms with Crippen molar-refractivity contribution in [3.8, 4) is 0 Å². The van der Waals surface area contributed by atoms with Crippen LogP contribution in [-0.4, -0.2) is 93.1 Å². The number of aromatic nitrogens is 4. The molecule has 2 aromatic heterocycles. The Labute approximate surface area is 314 Å². The molecule has 4 amide bonds. The molecule has 0 bridgehead atoms. The van der Waals surface area contributed by atoms with Gasteiger partial charge in [0.25, 0.3) is 5.91 Å². The summed E-state index contributed by atoms with van der Waals surface area (Å²) < 4.78 is 0. The number of nitrogens with one attached hydrogen (secondary N) is 5. The van der Waals surface area contributed by atoms with E-state index in [1.165, 1.54) is 11.9 Å². The van der Waals surface area contributed by atoms with Crippen LogP contribution in [0.15, 0.2) is 42.6 Å². The van der Waals surface area contributed by atoms with Gasteiger partial charge in [0.2, 0.25) is 17.7 Å². The summed E-state index contributed by atoms with van der Waals surface area (Å²) >= 11 is 1.69. The molecule has 0 radical (unpaired) electrons. The first-order valence-electron chi connectivity index (χ1n) is 18.2. The molecule has 1 atom stereocenters. The van der Waals surface area contributed by atoms with Crippen molar-refractivity contribution in [2.45, 2.75) is 83.5 Å². The standard InChI is InChI=1S/C37H50N10O5S/c1-38-33(49)13-12-28(24-48)46-23-30-29(35(46)51)9-7-10-31(30)44-34(50)14-17-39-18-19-47-42-22-27(45-47)21-40-36(52)37(15-4-3-5-16-37)20-26-8-6-11-32(43-26)41-25-53-2/h6-11,22,24,28,39H,3-5,12-21,23,25H2,1-2H3,(H,38,49)(H,40,52)(H,41,43)(H,44,50). The lowest BCUT2D eigenvalue weighted by Crippen LogP contribution is -2.43. The van der Waals surface area contributed by atoms with Crippen molar-refractivity contribution < 1.29 is 24.0 Å². The van der Waals surface area contributed by atoms with Crippen LogP contribution < -0.4 is 26.6 Å². The summed E-state index contributed by atoms with van der Waals surface area (Å²) in [6.07, 6.45) is 10.3. The fraction of sp³-hybridized carbons (Fsp3) is 0.514. The maximum absolute atomic E-state index is 13.7. The molecule has 1 unspecified atom stereocenters. The van der Waals surface area contributed by atoms with Crippen molar-refractivity contribution in [3.63, 3.8) is 0 Å². The average molecular weight is 747 g/mol. The van der Waals surface area contributed by atoms with E-state index in [-0.39, 0.29) is 56.0 Å². The topological polar surface area (TPSA) is 192 Å². The fourth-order valence-corrected chi connectivity index (χ4v) is 7.21. The predicted molar refractivity (Wildman–Crippen MR) is 203 cm³/mol. The second-order valence-corrected chi connectivity index (χ2v) is 14.4. The molecule has 1 fully saturated rings. The summed E-state index contributed by atoms with van der Waals surface area (Å²) in [6, 6.07) is 10.3. The Morgan fingerprint density at radius 2 is 1.83 bits per heavy atom. The van der Waals surface area contributed by atoms with Crippen molar-refractivity contribution >= 4 is 53.2 Å². The van der Waals surface area contributed by atoms with Crippen LogP contribution in [0.4, 0.5) is 11.5 Å². The molecule has 53 heavy (non-hydrogen) atoms. The van der Waals surface area contributed by atoms with E-state index < -0.39 is 11.5 Å². The third kappa shape index (κ3) is 10.6. The summed E-state index contributed by atoms with van der Waals surface area (Å²) in [4.78, 5) is 70.8. The third-order valence-electron chi connectivity index (χ3n) is 9.82. The molecule has 15 nitrogen and oxygen atoms in total. The number of aldehydes is 1. The van der Waals surface area contributed by atoms with Gasteiger partial charge in [0.15, 0.2) is 0 Å². The van der Waals surface area contributed by atoms with Gasteiger partial charge in [-0.15, -0.1) is 11.8 Å². The summed E-state index contributed by atoms with van der Waals surface area (Å²) in [6.45, 7) is 1.88. The third-order valence-corrected chi connectivity index (χ3v) is 10.3. The number of carbonyl (C=O) groups excluding carboxylic acids is 5. The minimum Gasteiger partial charge on any atom is -0.361 e. The van der Waals surface area contributed by atoms with Crippen LogP contribution in [0, 0.1) is 5.41 Å². The minimum atomic E-state index is -0.739. The molecule has 16 heteroatoms. The summed E-state index contributed by atoms with van der Waals surface area (Å²) in [5.41, 5.74) is 2.70. The Hall–Kier alpha value is -4.83. The van der Waals surface area contributed by atoms with Crippen LogP contribution in [0.25, 0.3) is 0 Å². The second-order valence-electron chi connectivity index (χ2n) is 13.5. The molecule has 1 saturated carbocycles. The summed E-state index contributed by atoms with van der Waals surface area (Å²) in [5, 5.41) is 24.0. The van der Waals surface area contributed by atoms with Gasteiger partial charge in [-0.1, -0.05) is 31.4 Å². The zero-order valence-electron chi connectivity index (χ0n) is 30.5. The van der Waals surface area contributed by atoms with Crippen LogP contribution in [0.1, 0.15) is 78.7 Å². The van der Waals surface area contributed by atoms with Gasteiger partial charge in [0.1, 0.15) is 17.8 Å². The van der Waals surface area contributed by atoms with Crippen LogP contribution in [-0.2, 0) is 45.2 Å². The average Bonchev–Trinajstić information content (AvgIpc) is 3.77. The van der Waals surface area contributed by atoms with E-state index in [1.54, 1.807) is 41.0 Å². The van der Waals surface area contributed by atoms with Gasteiger partial charge in [-0.05, 0) is 49.8 Å². The molecule has 2 aliphatic rings. The van der Waals surface area contributed by atoms with Crippen LogP contribution in [0.5, 0.6) is 0 Å². The maximum atomic E-state index is 13.7. The molecular formula is C37H50N10O5S. The molecule has 0 saturated heterocycles. The van der Waals surface area contributed by atoms with Crippen molar-refractivity contribution in [2.75, 3.05) is 42.9 Å². The van der Waals surface area contributed by atoms with E-state index in [2.05, 4.69) is 36.8 Å². The van der Waals surface area contributed by atoms with Gasteiger partial charge in [-0.2, -0.15) is 15.0 Å². The Morgan fingerprint density at radius 3 is 2.60 bits per heavy atom. The number of thioether (sulfide) groups is 1. The molecule has 3 aromatic rings. The van der Waals surface area contributed by atoms with E-state index in [9.17, 15) is 24.0 Å². The van der Waals surface area contributed by atoms with Crippen molar-refractivity contribution in [2.24, 2.45) is 5.41 Å². The largest absolute Gasteiger partial charge is 0.361 e. The highest BCUT2D eigenvalue weighted by molar-refractivity contribution is 7.98. The van der Waals surface area contributed by atoms with Crippen molar-refractivity contribution in [1.82, 2.24) is 40.8 Å². The summed E-state index contributed by atoms with van der Waals surface area (Å²) in [7, 11) is 1.52. The van der Waals surface area contributed by atoms with Gasteiger partial charge in [0.05, 0.1) is 36.6 Å². The van der Waals surface area contributed by atoms with Gasteiger partial charge in [-0.25, -0.2) is 4.98 Å². The Kier molecular flexibility index (Phi) is 14.3. The van der Waals surface area contributed by atoms with E-state index in [4.69, 9.17) is 4.98 Å². The minimum absolute atomic E-state index is 0.0309. The Morgan fingerprint density at radius 1 is 1.02 bits per heavy atom. The van der Waals surface area contributed by atoms with Crippen molar-refractivity contribution in [1.29, 1.82) is 0 Å². The van der Waals surface area contributed by atoms with E-state index in [0.29, 0.717) is 54.8 Å². The number of fused-ring (bicyclic) bond motifs is 1. The van der Waals surface area contributed by atoms with E-state index >= 15 is 0 Å². The number of hydrogen-bond donors (Lipinski definition) is 5. The monoisotopic (exact) mass is 746 g/mol. The zero-order valence-corrected chi connectivity index (χ0v) is 31.3. The van der Waals surface area contributed by atoms with E-state index in [0.717, 1.165) is 49.5 Å². The number of carbonyl (C=O) groups is 5. The van der Waals surface area contributed by atoms with Crippen LogP contribution in [0.2, 0.25) is 0 Å². The second kappa shape index (κ2) is 19.3. The lowest BCUT2D eigenvalue weighted by molar-refractivity contribution is -0.133. The number of benzene rings is 1. The molecule has 5 rings (SSSR count). The predicted octanol–water partition coefficient (Wildman–Crippen LogP) is 2.88. The van der Waals surface area contributed by atoms with Gasteiger partial charge in [-0.3, -0.25) is 19.2 Å². The molecule has 5 N–H and O–H groups in total. The Balaban J connectivity index is 1.04. The molecular weight excluding hydrogens is 697 g/mol. The molecule has 0 spiro atoms. The lowest BCUT2D eigenvalue weighted by atomic mass is 9.70. The van der Waals surface area contributed by atoms with Gasteiger partial charge in [0, 0.05) is 68.5 Å². The highest BCUT2D eigenvalue weighted by Crippen LogP contribution is 2.39. The van der Waals surface area contributed by atoms with Gasteiger partial charge < -0.3 is 36.3 Å². The quantitative estimate of drug-likeness (QED) is 0.0649. The first-order chi connectivity index (χ1) is 25.7. The first-order valence-corrected chi connectivity index (χ1v) is 19.6. The smallest absolute Gasteiger partial charge is 0.255 e. The molecule has 1 aliphatic heterocycles. The normalized spacial score (nSPS) is 15.4. The molecule has 1 aliphatic carbocycles. The number of amides is 4. The fourth-order valence-electron chi connectivity index (χ4n) is 6.92. The van der Waals surface area contributed by atoms with Crippen LogP contribution in [0.3, 0.4) is 0 Å². The Bertz CT molecular complexity index is 1740. The van der Waals surface area contributed by atoms with Crippen molar-refractivity contribution in [3.05, 3.63) is 65.1 Å². The number of anilines is 2. The number of nitrogens with zero attached hydrogens (tertiary/aromatic N) is 5. The van der Waals surface area contributed by atoms with E-state index in [1.807, 2.05) is 24.5 Å². The number of hydrogen-bond acceptors (Lipinski definition) is 11. The molecule has 1 aromatic carbocycles. The number of rotatable bonds is 20. The molecule has 3 heterocycles. The van der Waals surface area contributed by atoms with Gasteiger partial charge >= 0.3 is 0 Å². The molecule has 284 valence electrons. The maximum Gasteiger partial charge on any atom is 0.255 e. The number of pyridine rings is 1. The van der Waals surface area contributed by atoms with Crippen LogP contribution >= 0.6 is 11.8 Å².